The average Bonchev–Trinajstić information content (AvgIpc) is 2.30. The number of hydrogen-bond acceptors (Lipinski definition) is 3. The van der Waals surface area contributed by atoms with Crippen molar-refractivity contribution in [2.24, 2.45) is 5.92 Å². The van der Waals surface area contributed by atoms with Gasteiger partial charge in [-0.3, -0.25) is 4.79 Å². The number of methoxy groups -OCH3 is 1. The van der Waals surface area contributed by atoms with Gasteiger partial charge in [-0.05, 0) is 31.6 Å². The van der Waals surface area contributed by atoms with Gasteiger partial charge in [-0.25, -0.2) is 0 Å². The SMILES string of the molecule is CC.COC(=O)CNC1CCC(C)CC1. The van der Waals surface area contributed by atoms with E-state index in [0.717, 1.165) is 5.92 Å². The van der Waals surface area contributed by atoms with Crippen LogP contribution in [0.5, 0.6) is 0 Å². The molecule has 0 heterocycles. The van der Waals surface area contributed by atoms with Crippen molar-refractivity contribution in [3.63, 3.8) is 0 Å². The molecule has 90 valence electrons. The summed E-state index contributed by atoms with van der Waals surface area (Å²) < 4.78 is 4.56. The Bertz CT molecular complexity index is 163. The molecule has 1 saturated carbocycles. The molecule has 0 spiro atoms. The largest absolute Gasteiger partial charge is 0.468 e. The molecule has 1 aliphatic carbocycles. The van der Waals surface area contributed by atoms with E-state index in [1.807, 2.05) is 13.8 Å². The normalized spacial score (nSPS) is 25.1. The summed E-state index contributed by atoms with van der Waals surface area (Å²) in [7, 11) is 1.42. The van der Waals surface area contributed by atoms with Gasteiger partial charge < -0.3 is 10.1 Å². The third-order valence-corrected chi connectivity index (χ3v) is 2.78. The van der Waals surface area contributed by atoms with E-state index in [9.17, 15) is 4.79 Å². The fraction of sp³-hybridized carbons (Fsp3) is 0.917. The Hall–Kier alpha value is -0.570. The molecule has 0 bridgehead atoms. The number of rotatable bonds is 3. The predicted molar refractivity (Wildman–Crippen MR) is 62.8 cm³/mol. The van der Waals surface area contributed by atoms with Gasteiger partial charge in [-0.1, -0.05) is 20.8 Å². The highest BCUT2D eigenvalue weighted by Crippen LogP contribution is 2.23. The number of nitrogens with one attached hydrogen (secondary N) is 1. The van der Waals surface area contributed by atoms with Crippen LogP contribution in [-0.2, 0) is 9.53 Å². The maximum Gasteiger partial charge on any atom is 0.319 e. The summed E-state index contributed by atoms with van der Waals surface area (Å²) in [6.07, 6.45) is 4.94. The van der Waals surface area contributed by atoms with Crippen molar-refractivity contribution in [1.82, 2.24) is 5.32 Å². The maximum absolute atomic E-state index is 10.8. The van der Waals surface area contributed by atoms with Crippen LogP contribution >= 0.6 is 0 Å². The number of ether oxygens (including phenoxy) is 1. The van der Waals surface area contributed by atoms with Crippen molar-refractivity contribution in [3.05, 3.63) is 0 Å². The second kappa shape index (κ2) is 8.72. The Kier molecular flexibility index (Phi) is 8.38. The minimum atomic E-state index is -0.168. The van der Waals surface area contributed by atoms with Gasteiger partial charge >= 0.3 is 5.97 Å². The quantitative estimate of drug-likeness (QED) is 0.734. The second-order valence-electron chi connectivity index (χ2n) is 3.91. The predicted octanol–water partition coefficient (Wildman–Crippen LogP) is 2.35. The van der Waals surface area contributed by atoms with Crippen LogP contribution in [0.1, 0.15) is 46.5 Å². The van der Waals surface area contributed by atoms with Gasteiger partial charge in [0.05, 0.1) is 13.7 Å². The van der Waals surface area contributed by atoms with E-state index >= 15 is 0 Å². The lowest BCUT2D eigenvalue weighted by Crippen LogP contribution is -2.36. The van der Waals surface area contributed by atoms with Gasteiger partial charge in [-0.2, -0.15) is 0 Å². The summed E-state index contributed by atoms with van der Waals surface area (Å²) in [5.41, 5.74) is 0. The molecular formula is C12H25NO2. The molecule has 15 heavy (non-hydrogen) atoms. The van der Waals surface area contributed by atoms with Crippen LogP contribution in [-0.4, -0.2) is 25.7 Å². The molecule has 0 amide bonds. The van der Waals surface area contributed by atoms with E-state index in [-0.39, 0.29) is 5.97 Å². The highest BCUT2D eigenvalue weighted by atomic mass is 16.5. The lowest BCUT2D eigenvalue weighted by molar-refractivity contribution is -0.139. The molecule has 1 aliphatic rings. The molecule has 1 rings (SSSR count). The van der Waals surface area contributed by atoms with Crippen LogP contribution in [0.15, 0.2) is 0 Å². The zero-order valence-corrected chi connectivity index (χ0v) is 10.5. The molecule has 1 fully saturated rings. The van der Waals surface area contributed by atoms with Gasteiger partial charge in [0.2, 0.25) is 0 Å². The summed E-state index contributed by atoms with van der Waals surface area (Å²) in [6, 6.07) is 0.523. The van der Waals surface area contributed by atoms with Gasteiger partial charge in [0.15, 0.2) is 0 Å². The standard InChI is InChI=1S/C10H19NO2.C2H6/c1-8-3-5-9(6-4-8)11-7-10(12)13-2;1-2/h8-9,11H,3-7H2,1-2H3;1-2H3. The van der Waals surface area contributed by atoms with Crippen molar-refractivity contribution in [3.8, 4) is 0 Å². The molecule has 0 unspecified atom stereocenters. The van der Waals surface area contributed by atoms with Crippen LogP contribution in [0.2, 0.25) is 0 Å². The molecule has 0 aliphatic heterocycles. The van der Waals surface area contributed by atoms with Crippen LogP contribution in [0.3, 0.4) is 0 Å². The molecule has 0 atom stereocenters. The summed E-state index contributed by atoms with van der Waals surface area (Å²) >= 11 is 0. The molecule has 1 N–H and O–H groups in total. The molecule has 3 heteroatoms. The van der Waals surface area contributed by atoms with Crippen LogP contribution in [0.4, 0.5) is 0 Å². The van der Waals surface area contributed by atoms with E-state index < -0.39 is 0 Å². The van der Waals surface area contributed by atoms with E-state index in [2.05, 4.69) is 17.0 Å². The molecule has 0 aromatic carbocycles. The van der Waals surface area contributed by atoms with Crippen molar-refractivity contribution < 1.29 is 9.53 Å². The van der Waals surface area contributed by atoms with E-state index in [1.54, 1.807) is 0 Å². The van der Waals surface area contributed by atoms with Gasteiger partial charge in [0.1, 0.15) is 0 Å². The topological polar surface area (TPSA) is 38.3 Å². The van der Waals surface area contributed by atoms with Gasteiger partial charge in [0, 0.05) is 6.04 Å². The molecule has 3 nitrogen and oxygen atoms in total. The van der Waals surface area contributed by atoms with Crippen molar-refractivity contribution in [2.75, 3.05) is 13.7 Å². The van der Waals surface area contributed by atoms with Crippen molar-refractivity contribution >= 4 is 5.97 Å². The maximum atomic E-state index is 10.8. The van der Waals surface area contributed by atoms with Crippen molar-refractivity contribution in [2.45, 2.75) is 52.5 Å². The summed E-state index contributed by atoms with van der Waals surface area (Å²) in [4.78, 5) is 10.8. The van der Waals surface area contributed by atoms with E-state index in [4.69, 9.17) is 0 Å². The Morgan fingerprint density at radius 2 is 1.80 bits per heavy atom. The summed E-state index contributed by atoms with van der Waals surface area (Å²) in [6.45, 7) is 6.64. The number of carbonyl (C=O) groups excluding carboxylic acids is 1. The number of carbonyl (C=O) groups is 1. The zero-order chi connectivity index (χ0) is 11.7. The molecule has 0 radical (unpaired) electrons. The van der Waals surface area contributed by atoms with Crippen molar-refractivity contribution in [1.29, 1.82) is 0 Å². The lowest BCUT2D eigenvalue weighted by Gasteiger charge is -2.26. The number of hydrogen-bond donors (Lipinski definition) is 1. The molecule has 0 aromatic rings. The van der Waals surface area contributed by atoms with E-state index in [0.29, 0.717) is 12.6 Å². The molecule has 0 saturated heterocycles. The number of esters is 1. The Labute approximate surface area is 93.6 Å². The average molecular weight is 215 g/mol. The first-order valence-corrected chi connectivity index (χ1v) is 6.02. The first kappa shape index (κ1) is 14.4. The third-order valence-electron chi connectivity index (χ3n) is 2.78. The highest BCUT2D eigenvalue weighted by Gasteiger charge is 2.18. The smallest absolute Gasteiger partial charge is 0.319 e. The minimum Gasteiger partial charge on any atom is -0.468 e. The summed E-state index contributed by atoms with van der Waals surface area (Å²) in [5, 5.41) is 3.22. The first-order chi connectivity index (χ1) is 7.22. The molecule has 0 aromatic heterocycles. The second-order valence-corrected chi connectivity index (χ2v) is 3.91. The van der Waals surface area contributed by atoms with Gasteiger partial charge in [-0.15, -0.1) is 0 Å². The van der Waals surface area contributed by atoms with E-state index in [1.165, 1.54) is 32.8 Å². The Morgan fingerprint density at radius 1 is 1.27 bits per heavy atom. The van der Waals surface area contributed by atoms with Crippen LogP contribution in [0, 0.1) is 5.92 Å². The Morgan fingerprint density at radius 3 is 2.27 bits per heavy atom. The van der Waals surface area contributed by atoms with Crippen LogP contribution < -0.4 is 5.32 Å². The molecular weight excluding hydrogens is 190 g/mol. The first-order valence-electron chi connectivity index (χ1n) is 6.02. The zero-order valence-electron chi connectivity index (χ0n) is 10.5. The summed E-state index contributed by atoms with van der Waals surface area (Å²) in [5.74, 6) is 0.690. The fourth-order valence-electron chi connectivity index (χ4n) is 1.76. The minimum absolute atomic E-state index is 0.168. The van der Waals surface area contributed by atoms with Crippen LogP contribution in [0.25, 0.3) is 0 Å². The lowest BCUT2D eigenvalue weighted by atomic mass is 9.87. The Balaban J connectivity index is 0.000000921. The highest BCUT2D eigenvalue weighted by molar-refractivity contribution is 5.71. The third kappa shape index (κ3) is 6.50. The monoisotopic (exact) mass is 215 g/mol. The fourth-order valence-corrected chi connectivity index (χ4v) is 1.76. The van der Waals surface area contributed by atoms with Gasteiger partial charge in [0.25, 0.3) is 0 Å².